The van der Waals surface area contributed by atoms with Crippen LogP contribution in [0.2, 0.25) is 0 Å². The second-order valence-electron chi connectivity index (χ2n) is 5.14. The molecule has 0 aliphatic heterocycles. The van der Waals surface area contributed by atoms with Crippen molar-refractivity contribution >= 4 is 10.0 Å². The Kier molecular flexibility index (Phi) is 4.77. The predicted molar refractivity (Wildman–Crippen MR) is 84.2 cm³/mol. The van der Waals surface area contributed by atoms with Gasteiger partial charge in [-0.1, -0.05) is 36.4 Å². The Bertz CT molecular complexity index is 709. The third-order valence-corrected chi connectivity index (χ3v) is 4.50. The van der Waals surface area contributed by atoms with Crippen molar-refractivity contribution in [2.45, 2.75) is 31.3 Å². The number of nitrogens with one attached hydrogen (secondary N) is 1. The Morgan fingerprint density at radius 3 is 2.29 bits per heavy atom. The molecule has 0 heterocycles. The molecule has 0 spiro atoms. The van der Waals surface area contributed by atoms with Crippen molar-refractivity contribution in [3.63, 3.8) is 0 Å². The van der Waals surface area contributed by atoms with E-state index in [9.17, 15) is 8.42 Å². The summed E-state index contributed by atoms with van der Waals surface area (Å²) in [6.45, 7) is 4.90. The second-order valence-corrected chi connectivity index (χ2v) is 6.70. The smallest absolute Gasteiger partial charge is 0.238 e. The van der Waals surface area contributed by atoms with Gasteiger partial charge in [-0.05, 0) is 42.7 Å². The van der Waals surface area contributed by atoms with Gasteiger partial charge < -0.3 is 5.32 Å². The molecule has 3 N–H and O–H groups in total. The normalized spacial score (nSPS) is 13.1. The van der Waals surface area contributed by atoms with Crippen LogP contribution in [0.4, 0.5) is 0 Å². The van der Waals surface area contributed by atoms with Crippen molar-refractivity contribution in [1.29, 1.82) is 0 Å². The molecule has 1 atom stereocenters. The molecule has 0 saturated carbocycles. The van der Waals surface area contributed by atoms with Crippen molar-refractivity contribution in [2.24, 2.45) is 5.14 Å². The molecule has 0 radical (unpaired) electrons. The minimum absolute atomic E-state index is 0.124. The summed E-state index contributed by atoms with van der Waals surface area (Å²) in [6.07, 6.45) is 0. The summed E-state index contributed by atoms with van der Waals surface area (Å²) in [5.41, 5.74) is 3.53. The lowest BCUT2D eigenvalue weighted by molar-refractivity contribution is 0.572. The highest BCUT2D eigenvalue weighted by Crippen LogP contribution is 2.16. The molecule has 5 heteroatoms. The maximum absolute atomic E-state index is 11.2. The van der Waals surface area contributed by atoms with Crippen LogP contribution in [0.5, 0.6) is 0 Å². The van der Waals surface area contributed by atoms with Gasteiger partial charge in [-0.2, -0.15) is 0 Å². The Balaban J connectivity index is 2.04. The first-order valence-corrected chi connectivity index (χ1v) is 8.33. The zero-order valence-corrected chi connectivity index (χ0v) is 13.0. The molecule has 0 bridgehead atoms. The second kappa shape index (κ2) is 6.39. The highest BCUT2D eigenvalue weighted by molar-refractivity contribution is 7.89. The molecule has 4 nitrogen and oxygen atoms in total. The van der Waals surface area contributed by atoms with Gasteiger partial charge in [0.05, 0.1) is 4.90 Å². The van der Waals surface area contributed by atoms with Crippen molar-refractivity contribution < 1.29 is 8.42 Å². The molecule has 0 amide bonds. The molecule has 1 unspecified atom stereocenters. The monoisotopic (exact) mass is 304 g/mol. The van der Waals surface area contributed by atoms with E-state index in [0.29, 0.717) is 0 Å². The van der Waals surface area contributed by atoms with E-state index in [1.807, 2.05) is 19.1 Å². The molecule has 0 aliphatic rings. The van der Waals surface area contributed by atoms with E-state index < -0.39 is 10.0 Å². The lowest BCUT2D eigenvalue weighted by Gasteiger charge is -2.15. The van der Waals surface area contributed by atoms with Crippen LogP contribution in [0, 0.1) is 6.92 Å². The average molecular weight is 304 g/mol. The van der Waals surface area contributed by atoms with Crippen molar-refractivity contribution in [2.75, 3.05) is 0 Å². The maximum atomic E-state index is 11.2. The van der Waals surface area contributed by atoms with E-state index in [0.717, 1.165) is 12.1 Å². The lowest BCUT2D eigenvalue weighted by atomic mass is 10.1. The van der Waals surface area contributed by atoms with Gasteiger partial charge in [0.2, 0.25) is 10.0 Å². The van der Waals surface area contributed by atoms with Crippen molar-refractivity contribution in [3.05, 3.63) is 65.2 Å². The zero-order valence-electron chi connectivity index (χ0n) is 12.2. The quantitative estimate of drug-likeness (QED) is 0.891. The number of sulfonamides is 1. The van der Waals surface area contributed by atoms with Gasteiger partial charge in [-0.15, -0.1) is 0 Å². The number of benzene rings is 2. The van der Waals surface area contributed by atoms with E-state index in [-0.39, 0.29) is 10.9 Å². The molecule has 0 aliphatic carbocycles. The molecule has 0 aromatic heterocycles. The molecule has 2 rings (SSSR count). The summed E-state index contributed by atoms with van der Waals surface area (Å²) in [7, 11) is -3.63. The molecule has 0 saturated heterocycles. The number of rotatable bonds is 5. The van der Waals surface area contributed by atoms with Gasteiger partial charge in [0.15, 0.2) is 0 Å². The van der Waals surface area contributed by atoms with Crippen LogP contribution in [0.3, 0.4) is 0 Å². The van der Waals surface area contributed by atoms with Crippen molar-refractivity contribution in [1.82, 2.24) is 5.32 Å². The third-order valence-electron chi connectivity index (χ3n) is 3.57. The molecule has 0 fully saturated rings. The highest BCUT2D eigenvalue weighted by Gasteiger charge is 2.10. The molecular formula is C16H20N2O2S. The SMILES string of the molecule is Cc1ccccc1CNC(C)c1ccc(S(N)(=O)=O)cc1. The van der Waals surface area contributed by atoms with Crippen LogP contribution >= 0.6 is 0 Å². The fourth-order valence-electron chi connectivity index (χ4n) is 2.14. The molecule has 2 aromatic rings. The van der Waals surface area contributed by atoms with E-state index in [1.54, 1.807) is 12.1 Å². The minimum Gasteiger partial charge on any atom is -0.306 e. The Morgan fingerprint density at radius 1 is 1.10 bits per heavy atom. The number of primary sulfonamides is 1. The van der Waals surface area contributed by atoms with E-state index in [1.165, 1.54) is 23.3 Å². The molecule has 2 aromatic carbocycles. The van der Waals surface area contributed by atoms with Gasteiger partial charge >= 0.3 is 0 Å². The maximum Gasteiger partial charge on any atom is 0.238 e. The zero-order chi connectivity index (χ0) is 15.5. The molecule has 112 valence electrons. The largest absolute Gasteiger partial charge is 0.306 e. The summed E-state index contributed by atoms with van der Waals surface area (Å²) >= 11 is 0. The Labute approximate surface area is 126 Å². The lowest BCUT2D eigenvalue weighted by Crippen LogP contribution is -2.19. The average Bonchev–Trinajstić information content (AvgIpc) is 2.45. The van der Waals surface area contributed by atoms with E-state index in [4.69, 9.17) is 5.14 Å². The van der Waals surface area contributed by atoms with Crippen molar-refractivity contribution in [3.8, 4) is 0 Å². The predicted octanol–water partition coefficient (Wildman–Crippen LogP) is 2.49. The van der Waals surface area contributed by atoms with Crippen LogP contribution < -0.4 is 10.5 Å². The molecular weight excluding hydrogens is 284 g/mol. The van der Waals surface area contributed by atoms with Crippen LogP contribution in [0.25, 0.3) is 0 Å². The van der Waals surface area contributed by atoms with Gasteiger partial charge in [0, 0.05) is 12.6 Å². The number of hydrogen-bond acceptors (Lipinski definition) is 3. The summed E-state index contributed by atoms with van der Waals surface area (Å²) < 4.78 is 22.4. The Hall–Kier alpha value is -1.69. The first kappa shape index (κ1) is 15.7. The minimum atomic E-state index is -3.63. The summed E-state index contributed by atoms with van der Waals surface area (Å²) in [5.74, 6) is 0. The topological polar surface area (TPSA) is 72.2 Å². The van der Waals surface area contributed by atoms with Crippen LogP contribution in [0.1, 0.15) is 29.7 Å². The first-order chi connectivity index (χ1) is 9.88. The number of hydrogen-bond donors (Lipinski definition) is 2. The third kappa shape index (κ3) is 4.14. The van der Waals surface area contributed by atoms with E-state index >= 15 is 0 Å². The first-order valence-electron chi connectivity index (χ1n) is 6.78. The van der Waals surface area contributed by atoms with Gasteiger partial charge in [0.1, 0.15) is 0 Å². The van der Waals surface area contributed by atoms with Gasteiger partial charge in [0.25, 0.3) is 0 Å². The summed E-state index contributed by atoms with van der Waals surface area (Å²) in [6, 6.07) is 15.0. The number of aryl methyl sites for hydroxylation is 1. The summed E-state index contributed by atoms with van der Waals surface area (Å²) in [4.78, 5) is 0.136. The summed E-state index contributed by atoms with van der Waals surface area (Å²) in [5, 5.41) is 8.52. The highest BCUT2D eigenvalue weighted by atomic mass is 32.2. The van der Waals surface area contributed by atoms with E-state index in [2.05, 4.69) is 24.4 Å². The number of nitrogens with two attached hydrogens (primary N) is 1. The fourth-order valence-corrected chi connectivity index (χ4v) is 2.65. The Morgan fingerprint density at radius 2 is 1.71 bits per heavy atom. The van der Waals surface area contributed by atoms with Crippen LogP contribution in [-0.4, -0.2) is 8.42 Å². The van der Waals surface area contributed by atoms with Crippen LogP contribution in [0.15, 0.2) is 53.4 Å². The molecule has 21 heavy (non-hydrogen) atoms. The standard InChI is InChI=1S/C16H20N2O2S/c1-12-5-3-4-6-15(12)11-18-13(2)14-7-9-16(10-8-14)21(17,19)20/h3-10,13,18H,11H2,1-2H3,(H2,17,19,20). The fraction of sp³-hybridized carbons (Fsp3) is 0.250. The van der Waals surface area contributed by atoms with Gasteiger partial charge in [-0.25, -0.2) is 13.6 Å². The van der Waals surface area contributed by atoms with Crippen LogP contribution in [-0.2, 0) is 16.6 Å². The van der Waals surface area contributed by atoms with Gasteiger partial charge in [-0.3, -0.25) is 0 Å².